The highest BCUT2D eigenvalue weighted by Gasteiger charge is 2.17. The lowest BCUT2D eigenvalue weighted by molar-refractivity contribution is 0.120. The summed E-state index contributed by atoms with van der Waals surface area (Å²) >= 11 is 1.51. The Labute approximate surface area is 124 Å². The molecule has 1 aromatic heterocycles. The summed E-state index contributed by atoms with van der Waals surface area (Å²) in [5.41, 5.74) is -0.0805. The highest BCUT2D eigenvalue weighted by molar-refractivity contribution is 7.98. The van der Waals surface area contributed by atoms with Gasteiger partial charge in [0.05, 0.1) is 6.10 Å². The summed E-state index contributed by atoms with van der Waals surface area (Å²) < 4.78 is 5.59. The number of aromatic nitrogens is 3. The fraction of sp³-hybridized carbons (Fsp3) is 0.769. The van der Waals surface area contributed by atoms with Crippen LogP contribution < -0.4 is 10.6 Å². The first-order valence-electron chi connectivity index (χ1n) is 6.90. The molecule has 7 heteroatoms. The summed E-state index contributed by atoms with van der Waals surface area (Å²) in [6.07, 6.45) is 4.46. The lowest BCUT2D eigenvalue weighted by Crippen LogP contribution is -2.28. The molecule has 1 atom stereocenters. The number of nitrogens with zero attached hydrogens (tertiary/aromatic N) is 3. The Morgan fingerprint density at radius 1 is 1.25 bits per heavy atom. The van der Waals surface area contributed by atoms with E-state index in [4.69, 9.17) is 4.74 Å². The van der Waals surface area contributed by atoms with Crippen LogP contribution in [-0.4, -0.2) is 46.0 Å². The maximum atomic E-state index is 5.59. The minimum Gasteiger partial charge on any atom is -0.376 e. The van der Waals surface area contributed by atoms with Gasteiger partial charge in [0.15, 0.2) is 5.16 Å². The largest absolute Gasteiger partial charge is 0.376 e. The Balaban J connectivity index is 2.04. The lowest BCUT2D eigenvalue weighted by atomic mass is 10.1. The maximum Gasteiger partial charge on any atom is 0.228 e. The normalized spacial score (nSPS) is 19.1. The number of rotatable bonds is 5. The van der Waals surface area contributed by atoms with Gasteiger partial charge >= 0.3 is 0 Å². The molecule has 6 nitrogen and oxygen atoms in total. The molecule has 0 radical (unpaired) electrons. The summed E-state index contributed by atoms with van der Waals surface area (Å²) in [4.78, 5) is 13.2. The zero-order valence-electron chi connectivity index (χ0n) is 12.6. The van der Waals surface area contributed by atoms with E-state index in [1.165, 1.54) is 11.8 Å². The molecule has 0 aromatic carbocycles. The van der Waals surface area contributed by atoms with Gasteiger partial charge in [-0.1, -0.05) is 11.8 Å². The van der Waals surface area contributed by atoms with Crippen molar-refractivity contribution in [3.05, 3.63) is 0 Å². The van der Waals surface area contributed by atoms with E-state index in [9.17, 15) is 0 Å². The highest BCUT2D eigenvalue weighted by Crippen LogP contribution is 2.17. The van der Waals surface area contributed by atoms with Crippen molar-refractivity contribution >= 4 is 23.7 Å². The molecule has 2 rings (SSSR count). The van der Waals surface area contributed by atoms with Crippen LogP contribution >= 0.6 is 11.8 Å². The first-order chi connectivity index (χ1) is 9.46. The second-order valence-electron chi connectivity index (χ2n) is 5.86. The number of thioether (sulfide) groups is 1. The Bertz CT molecular complexity index is 443. The van der Waals surface area contributed by atoms with Crippen molar-refractivity contribution in [1.82, 2.24) is 15.0 Å². The van der Waals surface area contributed by atoms with E-state index >= 15 is 0 Å². The third-order valence-electron chi connectivity index (χ3n) is 2.80. The van der Waals surface area contributed by atoms with Gasteiger partial charge in [0.1, 0.15) is 0 Å². The molecule has 0 amide bonds. The molecule has 1 fully saturated rings. The molecule has 1 saturated heterocycles. The average molecular weight is 297 g/mol. The van der Waals surface area contributed by atoms with Crippen LogP contribution in [0, 0.1) is 0 Å². The first kappa shape index (κ1) is 15.3. The monoisotopic (exact) mass is 297 g/mol. The molecule has 1 aliphatic rings. The third kappa shape index (κ3) is 4.79. The van der Waals surface area contributed by atoms with Gasteiger partial charge in [-0.05, 0) is 39.9 Å². The summed E-state index contributed by atoms with van der Waals surface area (Å²) in [7, 11) is 0. The fourth-order valence-electron chi connectivity index (χ4n) is 1.93. The number of ether oxygens (including phenoxy) is 1. The molecule has 0 aliphatic carbocycles. The van der Waals surface area contributed by atoms with Crippen molar-refractivity contribution in [2.24, 2.45) is 0 Å². The van der Waals surface area contributed by atoms with E-state index in [0.29, 0.717) is 17.1 Å². The molecule has 2 N–H and O–H groups in total. The standard InChI is InChI=1S/C13H23N5OS/c1-13(2,3)18-11-15-10(16-12(17-11)20-4)14-8-9-6-5-7-19-9/h9H,5-8H2,1-4H3,(H2,14,15,16,17,18). The van der Waals surface area contributed by atoms with Gasteiger partial charge in [0.25, 0.3) is 0 Å². The van der Waals surface area contributed by atoms with Gasteiger partial charge in [-0.3, -0.25) is 0 Å². The smallest absolute Gasteiger partial charge is 0.228 e. The quantitative estimate of drug-likeness (QED) is 0.808. The Hall–Kier alpha value is -1.08. The Kier molecular flexibility index (Phi) is 5.04. The molecule has 0 spiro atoms. The predicted octanol–water partition coefficient (Wildman–Crippen LogP) is 2.39. The second-order valence-corrected chi connectivity index (χ2v) is 6.63. The first-order valence-corrected chi connectivity index (χ1v) is 8.12. The van der Waals surface area contributed by atoms with Crippen LogP contribution in [0.15, 0.2) is 5.16 Å². The molecular weight excluding hydrogens is 274 g/mol. The minimum absolute atomic E-state index is 0.0805. The van der Waals surface area contributed by atoms with Crippen LogP contribution in [0.3, 0.4) is 0 Å². The Morgan fingerprint density at radius 3 is 2.60 bits per heavy atom. The van der Waals surface area contributed by atoms with E-state index in [-0.39, 0.29) is 11.6 Å². The van der Waals surface area contributed by atoms with Crippen LogP contribution in [0.4, 0.5) is 11.9 Å². The third-order valence-corrected chi connectivity index (χ3v) is 3.34. The van der Waals surface area contributed by atoms with Crippen molar-refractivity contribution in [1.29, 1.82) is 0 Å². The van der Waals surface area contributed by atoms with Gasteiger partial charge < -0.3 is 15.4 Å². The number of anilines is 2. The number of nitrogens with one attached hydrogen (secondary N) is 2. The van der Waals surface area contributed by atoms with Gasteiger partial charge in [0, 0.05) is 18.7 Å². The zero-order valence-corrected chi connectivity index (χ0v) is 13.4. The van der Waals surface area contributed by atoms with Crippen molar-refractivity contribution in [2.45, 2.75) is 50.4 Å². The topological polar surface area (TPSA) is 72.0 Å². The van der Waals surface area contributed by atoms with E-state index in [0.717, 1.165) is 26.0 Å². The molecule has 1 aromatic rings. The molecular formula is C13H23N5OS. The molecule has 0 saturated carbocycles. The number of hydrogen-bond acceptors (Lipinski definition) is 7. The molecule has 2 heterocycles. The summed E-state index contributed by atoms with van der Waals surface area (Å²) in [5.74, 6) is 1.21. The van der Waals surface area contributed by atoms with Crippen LogP contribution in [-0.2, 0) is 4.74 Å². The van der Waals surface area contributed by atoms with Crippen LogP contribution in [0.5, 0.6) is 0 Å². The molecule has 1 unspecified atom stereocenters. The Morgan fingerprint density at radius 2 is 2.00 bits per heavy atom. The lowest BCUT2D eigenvalue weighted by Gasteiger charge is -2.21. The summed E-state index contributed by atoms with van der Waals surface area (Å²) in [5, 5.41) is 7.23. The second kappa shape index (κ2) is 6.58. The molecule has 112 valence electrons. The minimum atomic E-state index is -0.0805. The summed E-state index contributed by atoms with van der Waals surface area (Å²) in [6, 6.07) is 0. The number of hydrogen-bond donors (Lipinski definition) is 2. The van der Waals surface area contributed by atoms with Crippen molar-refractivity contribution < 1.29 is 4.74 Å². The molecule has 1 aliphatic heterocycles. The predicted molar refractivity (Wildman–Crippen MR) is 82.4 cm³/mol. The van der Waals surface area contributed by atoms with Crippen LogP contribution in [0.2, 0.25) is 0 Å². The fourth-order valence-corrected chi connectivity index (χ4v) is 2.28. The van der Waals surface area contributed by atoms with Crippen molar-refractivity contribution in [3.8, 4) is 0 Å². The van der Waals surface area contributed by atoms with E-state index in [1.54, 1.807) is 0 Å². The average Bonchev–Trinajstić information content (AvgIpc) is 2.87. The van der Waals surface area contributed by atoms with Gasteiger partial charge in [-0.25, -0.2) is 0 Å². The van der Waals surface area contributed by atoms with Gasteiger partial charge in [-0.2, -0.15) is 15.0 Å². The van der Waals surface area contributed by atoms with Crippen molar-refractivity contribution in [3.63, 3.8) is 0 Å². The van der Waals surface area contributed by atoms with Crippen molar-refractivity contribution in [2.75, 3.05) is 30.0 Å². The van der Waals surface area contributed by atoms with Gasteiger partial charge in [-0.15, -0.1) is 0 Å². The molecule has 20 heavy (non-hydrogen) atoms. The van der Waals surface area contributed by atoms with E-state index in [1.807, 2.05) is 6.26 Å². The van der Waals surface area contributed by atoms with Gasteiger partial charge in [0.2, 0.25) is 11.9 Å². The maximum absolute atomic E-state index is 5.59. The SMILES string of the molecule is CSc1nc(NCC2CCCO2)nc(NC(C)(C)C)n1. The van der Waals surface area contributed by atoms with E-state index < -0.39 is 0 Å². The van der Waals surface area contributed by atoms with E-state index in [2.05, 4.69) is 46.4 Å². The van der Waals surface area contributed by atoms with Crippen LogP contribution in [0.25, 0.3) is 0 Å². The van der Waals surface area contributed by atoms with Crippen LogP contribution in [0.1, 0.15) is 33.6 Å². The summed E-state index contributed by atoms with van der Waals surface area (Å²) in [6.45, 7) is 7.84. The zero-order chi connectivity index (χ0) is 14.6. The highest BCUT2D eigenvalue weighted by atomic mass is 32.2. The molecule has 0 bridgehead atoms.